The summed E-state index contributed by atoms with van der Waals surface area (Å²) in [6.07, 6.45) is 4.79. The summed E-state index contributed by atoms with van der Waals surface area (Å²) in [7, 11) is -2.10. The molecule has 2 atom stereocenters. The van der Waals surface area contributed by atoms with E-state index in [9.17, 15) is 13.2 Å². The number of sulfonamides is 1. The van der Waals surface area contributed by atoms with E-state index in [1.807, 2.05) is 6.92 Å². The SMILES string of the molecule is COc1ccc(S(=O)(=O)N2CCC[C@@H](C(=O)N[C@H](C)c3ccc4c(c3)CCC4)C2)cc1. The fourth-order valence-corrected chi connectivity index (χ4v) is 6.07. The van der Waals surface area contributed by atoms with E-state index in [0.717, 1.165) is 18.4 Å². The van der Waals surface area contributed by atoms with Crippen molar-refractivity contribution in [2.75, 3.05) is 20.2 Å². The topological polar surface area (TPSA) is 75.7 Å². The monoisotopic (exact) mass is 442 g/mol. The number of nitrogens with zero attached hydrogens (tertiary/aromatic N) is 1. The minimum Gasteiger partial charge on any atom is -0.497 e. The zero-order valence-corrected chi connectivity index (χ0v) is 19.0. The second-order valence-corrected chi connectivity index (χ2v) is 10.4. The zero-order valence-electron chi connectivity index (χ0n) is 18.1. The van der Waals surface area contributed by atoms with Crippen LogP contribution in [-0.4, -0.2) is 38.8 Å². The molecule has 1 N–H and O–H groups in total. The fourth-order valence-electron chi connectivity index (χ4n) is 4.55. The molecule has 0 spiro atoms. The molecule has 0 aromatic heterocycles. The van der Waals surface area contributed by atoms with Crippen LogP contribution >= 0.6 is 0 Å². The predicted octanol–water partition coefficient (Wildman–Crippen LogP) is 3.46. The third kappa shape index (κ3) is 4.62. The van der Waals surface area contributed by atoms with Gasteiger partial charge in [-0.2, -0.15) is 4.31 Å². The Balaban J connectivity index is 1.42. The highest BCUT2D eigenvalue weighted by molar-refractivity contribution is 7.89. The van der Waals surface area contributed by atoms with Gasteiger partial charge in [0.15, 0.2) is 0 Å². The van der Waals surface area contributed by atoms with E-state index in [0.29, 0.717) is 25.1 Å². The van der Waals surface area contributed by atoms with Crippen molar-refractivity contribution >= 4 is 15.9 Å². The van der Waals surface area contributed by atoms with Crippen molar-refractivity contribution in [3.63, 3.8) is 0 Å². The quantitative estimate of drug-likeness (QED) is 0.743. The molecular formula is C24H30N2O4S. The molecule has 0 saturated carbocycles. The van der Waals surface area contributed by atoms with Crippen molar-refractivity contribution in [2.24, 2.45) is 5.92 Å². The summed E-state index contributed by atoms with van der Waals surface area (Å²) in [5.74, 6) is 0.177. The Kier molecular flexibility index (Phi) is 6.34. The van der Waals surface area contributed by atoms with Crippen LogP contribution in [0.3, 0.4) is 0 Å². The molecule has 2 aliphatic rings. The third-order valence-corrected chi connectivity index (χ3v) is 8.31. The Hall–Kier alpha value is -2.38. The number of rotatable bonds is 6. The molecular weight excluding hydrogens is 412 g/mol. The number of carbonyl (C=O) groups excluding carboxylic acids is 1. The molecule has 4 rings (SSSR count). The van der Waals surface area contributed by atoms with Crippen LogP contribution in [0.5, 0.6) is 5.75 Å². The summed E-state index contributed by atoms with van der Waals surface area (Å²) in [6.45, 7) is 2.62. The summed E-state index contributed by atoms with van der Waals surface area (Å²) in [4.78, 5) is 13.2. The number of benzene rings is 2. The molecule has 1 aliphatic heterocycles. The van der Waals surface area contributed by atoms with Crippen LogP contribution in [0.1, 0.15) is 48.9 Å². The molecule has 0 unspecified atom stereocenters. The molecule has 0 bridgehead atoms. The third-order valence-electron chi connectivity index (χ3n) is 6.43. The minimum atomic E-state index is -3.64. The van der Waals surface area contributed by atoms with Crippen molar-refractivity contribution in [1.29, 1.82) is 0 Å². The first-order valence-corrected chi connectivity index (χ1v) is 12.4. The summed E-state index contributed by atoms with van der Waals surface area (Å²) >= 11 is 0. The van der Waals surface area contributed by atoms with Crippen molar-refractivity contribution in [3.05, 3.63) is 59.2 Å². The highest BCUT2D eigenvalue weighted by atomic mass is 32.2. The number of amides is 1. The maximum Gasteiger partial charge on any atom is 0.243 e. The van der Waals surface area contributed by atoms with Crippen LogP contribution in [0.15, 0.2) is 47.4 Å². The number of hydrogen-bond acceptors (Lipinski definition) is 4. The second kappa shape index (κ2) is 9.01. The van der Waals surface area contributed by atoms with Crippen molar-refractivity contribution < 1.29 is 17.9 Å². The highest BCUT2D eigenvalue weighted by Crippen LogP contribution is 2.28. The summed E-state index contributed by atoms with van der Waals surface area (Å²) in [5, 5.41) is 3.11. The lowest BCUT2D eigenvalue weighted by molar-refractivity contribution is -0.126. The lowest BCUT2D eigenvalue weighted by atomic mass is 9.97. The van der Waals surface area contributed by atoms with Gasteiger partial charge in [0.05, 0.1) is 24.0 Å². The molecule has 1 aliphatic carbocycles. The number of carbonyl (C=O) groups is 1. The number of methoxy groups -OCH3 is 1. The number of ether oxygens (including phenoxy) is 1. The van der Waals surface area contributed by atoms with E-state index >= 15 is 0 Å². The Morgan fingerprint density at radius 2 is 1.84 bits per heavy atom. The van der Waals surface area contributed by atoms with E-state index in [1.54, 1.807) is 31.4 Å². The molecule has 2 aromatic rings. The maximum atomic E-state index is 13.1. The van der Waals surface area contributed by atoms with Crippen LogP contribution in [0.25, 0.3) is 0 Å². The number of fused-ring (bicyclic) bond motifs is 1. The van der Waals surface area contributed by atoms with E-state index in [4.69, 9.17) is 4.74 Å². The average Bonchev–Trinajstić information content (AvgIpc) is 3.27. The van der Waals surface area contributed by atoms with Gasteiger partial charge in [-0.3, -0.25) is 4.79 Å². The smallest absolute Gasteiger partial charge is 0.243 e. The summed E-state index contributed by atoms with van der Waals surface area (Å²) in [5.41, 5.74) is 3.90. The fraction of sp³-hybridized carbons (Fsp3) is 0.458. The van der Waals surface area contributed by atoms with Crippen LogP contribution < -0.4 is 10.1 Å². The molecule has 1 saturated heterocycles. The van der Waals surface area contributed by atoms with Crippen LogP contribution in [0, 0.1) is 5.92 Å². The maximum absolute atomic E-state index is 13.1. The Morgan fingerprint density at radius 1 is 1.10 bits per heavy atom. The van der Waals surface area contributed by atoms with Gasteiger partial charge in [-0.25, -0.2) is 8.42 Å². The first-order chi connectivity index (χ1) is 14.9. The van der Waals surface area contributed by atoms with E-state index in [-0.39, 0.29) is 29.3 Å². The second-order valence-electron chi connectivity index (χ2n) is 8.49. The summed E-state index contributed by atoms with van der Waals surface area (Å²) in [6, 6.07) is 12.7. The first kappa shape index (κ1) is 21.8. The van der Waals surface area contributed by atoms with Crippen molar-refractivity contribution in [1.82, 2.24) is 9.62 Å². The van der Waals surface area contributed by atoms with E-state index in [2.05, 4.69) is 23.5 Å². The van der Waals surface area contributed by atoms with Crippen molar-refractivity contribution in [2.45, 2.75) is 50.0 Å². The molecule has 1 amide bonds. The van der Waals surface area contributed by atoms with Crippen molar-refractivity contribution in [3.8, 4) is 5.75 Å². The van der Waals surface area contributed by atoms with Crippen LogP contribution in [-0.2, 0) is 27.7 Å². The normalized spacial score (nSPS) is 20.1. The van der Waals surface area contributed by atoms with Gasteiger partial charge in [-0.15, -0.1) is 0 Å². The van der Waals surface area contributed by atoms with E-state index < -0.39 is 10.0 Å². The minimum absolute atomic E-state index is 0.0809. The Bertz CT molecular complexity index is 1050. The molecule has 31 heavy (non-hydrogen) atoms. The van der Waals surface area contributed by atoms with Crippen LogP contribution in [0.2, 0.25) is 0 Å². The molecule has 166 valence electrons. The van der Waals surface area contributed by atoms with Crippen LogP contribution in [0.4, 0.5) is 0 Å². The predicted molar refractivity (Wildman–Crippen MR) is 120 cm³/mol. The molecule has 1 fully saturated rings. The molecule has 1 heterocycles. The lowest BCUT2D eigenvalue weighted by Gasteiger charge is -2.32. The average molecular weight is 443 g/mol. The van der Waals surface area contributed by atoms with Gasteiger partial charge in [-0.05, 0) is 80.0 Å². The van der Waals surface area contributed by atoms with Gasteiger partial charge in [0, 0.05) is 13.1 Å². The molecule has 6 nitrogen and oxygen atoms in total. The Labute approximate surface area is 184 Å². The lowest BCUT2D eigenvalue weighted by Crippen LogP contribution is -2.45. The molecule has 2 aromatic carbocycles. The van der Waals surface area contributed by atoms with E-state index in [1.165, 1.54) is 21.9 Å². The molecule has 7 heteroatoms. The largest absolute Gasteiger partial charge is 0.497 e. The van der Waals surface area contributed by atoms with Gasteiger partial charge in [-0.1, -0.05) is 18.2 Å². The van der Waals surface area contributed by atoms with Gasteiger partial charge in [0.1, 0.15) is 5.75 Å². The highest BCUT2D eigenvalue weighted by Gasteiger charge is 2.33. The van der Waals surface area contributed by atoms with Gasteiger partial charge >= 0.3 is 0 Å². The Morgan fingerprint density at radius 3 is 2.58 bits per heavy atom. The number of hydrogen-bond donors (Lipinski definition) is 1. The summed E-state index contributed by atoms with van der Waals surface area (Å²) < 4.78 is 32.7. The number of aryl methyl sites for hydroxylation is 2. The zero-order chi connectivity index (χ0) is 22.0. The van der Waals surface area contributed by atoms with Gasteiger partial charge in [0.25, 0.3) is 0 Å². The molecule has 0 radical (unpaired) electrons. The van der Waals surface area contributed by atoms with Gasteiger partial charge < -0.3 is 10.1 Å². The van der Waals surface area contributed by atoms with Gasteiger partial charge in [0.2, 0.25) is 15.9 Å². The number of nitrogens with one attached hydrogen (secondary N) is 1. The number of piperidine rings is 1. The first-order valence-electron chi connectivity index (χ1n) is 10.9. The standard InChI is InChI=1S/C24H30N2O4S/c1-17(19-9-8-18-5-3-6-20(18)15-19)25-24(27)21-7-4-14-26(16-21)31(28,29)23-12-10-22(30-2)11-13-23/h8-13,15,17,21H,3-7,14,16H2,1-2H3,(H,25,27)/t17-,21-/m1/s1.